The van der Waals surface area contributed by atoms with Crippen LogP contribution in [0.3, 0.4) is 0 Å². The molecule has 5 heteroatoms. The highest BCUT2D eigenvalue weighted by Gasteiger charge is 2.31. The lowest BCUT2D eigenvalue weighted by Gasteiger charge is -2.20. The van der Waals surface area contributed by atoms with Crippen LogP contribution in [-0.2, 0) is 0 Å². The molecule has 0 saturated carbocycles. The predicted molar refractivity (Wildman–Crippen MR) is 65.5 cm³/mol. The molecular formula is C13H16N2O3. The van der Waals surface area contributed by atoms with Crippen molar-refractivity contribution in [3.8, 4) is 0 Å². The second-order valence-electron chi connectivity index (χ2n) is 4.88. The summed E-state index contributed by atoms with van der Waals surface area (Å²) in [5.41, 5.74) is 0.295. The van der Waals surface area contributed by atoms with Crippen LogP contribution in [0.4, 0.5) is 0 Å². The smallest absolute Gasteiger partial charge is 0.335 e. The number of amides is 1. The Morgan fingerprint density at radius 3 is 2.72 bits per heavy atom. The van der Waals surface area contributed by atoms with Crippen molar-refractivity contribution < 1.29 is 14.7 Å². The van der Waals surface area contributed by atoms with Gasteiger partial charge in [-0.05, 0) is 31.4 Å². The first kappa shape index (κ1) is 12.5. The maximum atomic E-state index is 12.2. The van der Waals surface area contributed by atoms with E-state index in [0.717, 1.165) is 6.42 Å². The van der Waals surface area contributed by atoms with E-state index in [1.807, 2.05) is 6.92 Å². The number of carbonyl (C=O) groups excluding carboxylic acids is 1. The number of aromatic nitrogens is 1. The van der Waals surface area contributed by atoms with E-state index in [-0.39, 0.29) is 23.2 Å². The van der Waals surface area contributed by atoms with Crippen LogP contribution >= 0.6 is 0 Å². The SMILES string of the molecule is CC1CC(C)N(C(=O)c2cc(C(=O)O)ccn2)C1. The standard InChI is InChI=1S/C13H16N2O3/c1-8-5-9(2)15(7-8)12(16)11-6-10(13(17)18)3-4-14-11/h3-4,6,8-9H,5,7H2,1-2H3,(H,17,18). The van der Waals surface area contributed by atoms with Crippen LogP contribution in [0.15, 0.2) is 18.3 Å². The Morgan fingerprint density at radius 2 is 2.17 bits per heavy atom. The fourth-order valence-corrected chi connectivity index (χ4v) is 2.41. The zero-order valence-electron chi connectivity index (χ0n) is 10.5. The van der Waals surface area contributed by atoms with E-state index in [9.17, 15) is 9.59 Å². The molecule has 1 amide bonds. The van der Waals surface area contributed by atoms with E-state index in [0.29, 0.717) is 12.5 Å². The van der Waals surface area contributed by atoms with E-state index in [1.165, 1.54) is 18.3 Å². The maximum absolute atomic E-state index is 12.2. The normalized spacial score (nSPS) is 23.1. The molecule has 5 nitrogen and oxygen atoms in total. The summed E-state index contributed by atoms with van der Waals surface area (Å²) in [6.45, 7) is 4.81. The first-order valence-electron chi connectivity index (χ1n) is 5.99. The molecule has 1 aliphatic rings. The lowest BCUT2D eigenvalue weighted by molar-refractivity contribution is 0.0696. The van der Waals surface area contributed by atoms with Gasteiger partial charge >= 0.3 is 5.97 Å². The molecule has 0 aliphatic carbocycles. The highest BCUT2D eigenvalue weighted by Crippen LogP contribution is 2.23. The Morgan fingerprint density at radius 1 is 1.44 bits per heavy atom. The van der Waals surface area contributed by atoms with Gasteiger partial charge in [0.15, 0.2) is 0 Å². The van der Waals surface area contributed by atoms with E-state index >= 15 is 0 Å². The quantitative estimate of drug-likeness (QED) is 0.863. The topological polar surface area (TPSA) is 70.5 Å². The molecule has 0 radical (unpaired) electrons. The number of hydrogen-bond acceptors (Lipinski definition) is 3. The van der Waals surface area contributed by atoms with Gasteiger partial charge in [-0.25, -0.2) is 4.79 Å². The van der Waals surface area contributed by atoms with Crippen molar-refractivity contribution >= 4 is 11.9 Å². The van der Waals surface area contributed by atoms with Crippen molar-refractivity contribution in [2.45, 2.75) is 26.3 Å². The molecule has 1 saturated heterocycles. The van der Waals surface area contributed by atoms with E-state index < -0.39 is 5.97 Å². The average molecular weight is 248 g/mol. The number of hydrogen-bond donors (Lipinski definition) is 1. The highest BCUT2D eigenvalue weighted by atomic mass is 16.4. The third-order valence-electron chi connectivity index (χ3n) is 3.27. The van der Waals surface area contributed by atoms with Crippen LogP contribution in [-0.4, -0.2) is 39.5 Å². The van der Waals surface area contributed by atoms with Crippen molar-refractivity contribution in [1.82, 2.24) is 9.88 Å². The molecule has 1 aromatic heterocycles. The molecular weight excluding hydrogens is 232 g/mol. The Bertz CT molecular complexity index is 487. The molecule has 2 atom stereocenters. The summed E-state index contributed by atoms with van der Waals surface area (Å²) < 4.78 is 0. The van der Waals surface area contributed by atoms with Crippen molar-refractivity contribution in [2.75, 3.05) is 6.54 Å². The van der Waals surface area contributed by atoms with E-state index in [1.54, 1.807) is 4.90 Å². The highest BCUT2D eigenvalue weighted by molar-refractivity contribution is 5.96. The van der Waals surface area contributed by atoms with Crippen LogP contribution in [0, 0.1) is 5.92 Å². The van der Waals surface area contributed by atoms with Gasteiger partial charge in [0, 0.05) is 18.8 Å². The Kier molecular flexibility index (Phi) is 3.32. The van der Waals surface area contributed by atoms with Gasteiger partial charge in [-0.2, -0.15) is 0 Å². The van der Waals surface area contributed by atoms with Gasteiger partial charge in [0.05, 0.1) is 5.56 Å². The van der Waals surface area contributed by atoms with Crippen LogP contribution < -0.4 is 0 Å². The van der Waals surface area contributed by atoms with Crippen molar-refractivity contribution in [2.24, 2.45) is 5.92 Å². The van der Waals surface area contributed by atoms with E-state index in [4.69, 9.17) is 5.11 Å². The Balaban J connectivity index is 2.23. The summed E-state index contributed by atoms with van der Waals surface area (Å²) in [7, 11) is 0. The van der Waals surface area contributed by atoms with Gasteiger partial charge in [0.2, 0.25) is 0 Å². The number of likely N-dealkylation sites (tertiary alicyclic amines) is 1. The first-order valence-corrected chi connectivity index (χ1v) is 5.99. The minimum absolute atomic E-state index is 0.0910. The molecule has 96 valence electrons. The molecule has 0 aromatic carbocycles. The number of carbonyl (C=O) groups is 2. The fraction of sp³-hybridized carbons (Fsp3) is 0.462. The van der Waals surface area contributed by atoms with E-state index in [2.05, 4.69) is 11.9 Å². The third kappa shape index (κ3) is 2.34. The second kappa shape index (κ2) is 4.76. The summed E-state index contributed by atoms with van der Waals surface area (Å²) in [6, 6.07) is 2.90. The average Bonchev–Trinajstić information content (AvgIpc) is 2.67. The Hall–Kier alpha value is -1.91. The number of carboxylic acid groups (broad SMARTS) is 1. The van der Waals surface area contributed by atoms with Gasteiger partial charge in [-0.15, -0.1) is 0 Å². The van der Waals surface area contributed by atoms with Crippen LogP contribution in [0.5, 0.6) is 0 Å². The minimum atomic E-state index is -1.05. The summed E-state index contributed by atoms with van der Waals surface area (Å²) >= 11 is 0. The Labute approximate surface area is 105 Å². The van der Waals surface area contributed by atoms with Gasteiger partial charge < -0.3 is 10.0 Å². The van der Waals surface area contributed by atoms with Gasteiger partial charge in [-0.1, -0.05) is 6.92 Å². The molecule has 0 spiro atoms. The number of aromatic carboxylic acids is 1. The van der Waals surface area contributed by atoms with Gasteiger partial charge in [0.1, 0.15) is 5.69 Å². The van der Waals surface area contributed by atoms with Gasteiger partial charge in [-0.3, -0.25) is 9.78 Å². The number of nitrogens with zero attached hydrogens (tertiary/aromatic N) is 2. The predicted octanol–water partition coefficient (Wildman–Crippen LogP) is 1.65. The number of rotatable bonds is 2. The van der Waals surface area contributed by atoms with Gasteiger partial charge in [0.25, 0.3) is 5.91 Å². The summed E-state index contributed by atoms with van der Waals surface area (Å²) in [5.74, 6) is -0.754. The molecule has 2 heterocycles. The lowest BCUT2D eigenvalue weighted by Crippen LogP contribution is -2.34. The third-order valence-corrected chi connectivity index (χ3v) is 3.27. The monoisotopic (exact) mass is 248 g/mol. The molecule has 2 unspecified atom stereocenters. The van der Waals surface area contributed by atoms with Crippen molar-refractivity contribution in [1.29, 1.82) is 0 Å². The molecule has 1 N–H and O–H groups in total. The molecule has 1 aromatic rings. The molecule has 1 aliphatic heterocycles. The number of pyridine rings is 1. The van der Waals surface area contributed by atoms with Crippen LogP contribution in [0.25, 0.3) is 0 Å². The summed E-state index contributed by atoms with van der Waals surface area (Å²) in [4.78, 5) is 28.8. The molecule has 0 bridgehead atoms. The molecule has 1 fully saturated rings. The van der Waals surface area contributed by atoms with Crippen molar-refractivity contribution in [3.05, 3.63) is 29.6 Å². The second-order valence-corrected chi connectivity index (χ2v) is 4.88. The van der Waals surface area contributed by atoms with Crippen LogP contribution in [0.1, 0.15) is 41.1 Å². The maximum Gasteiger partial charge on any atom is 0.335 e. The largest absolute Gasteiger partial charge is 0.478 e. The van der Waals surface area contributed by atoms with Crippen molar-refractivity contribution in [3.63, 3.8) is 0 Å². The minimum Gasteiger partial charge on any atom is -0.478 e. The van der Waals surface area contributed by atoms with Crippen LogP contribution in [0.2, 0.25) is 0 Å². The molecule has 2 rings (SSSR count). The first-order chi connectivity index (χ1) is 8.49. The number of carboxylic acids is 1. The fourth-order valence-electron chi connectivity index (χ4n) is 2.41. The zero-order valence-corrected chi connectivity index (χ0v) is 10.5. The zero-order chi connectivity index (χ0) is 13.3. The lowest BCUT2D eigenvalue weighted by atomic mass is 10.1. The molecule has 18 heavy (non-hydrogen) atoms. The summed E-state index contributed by atoms with van der Waals surface area (Å²) in [6.07, 6.45) is 2.34. The summed E-state index contributed by atoms with van der Waals surface area (Å²) in [5, 5.41) is 8.90.